The van der Waals surface area contributed by atoms with E-state index >= 15 is 0 Å². The Labute approximate surface area is 123 Å². The minimum Gasteiger partial charge on any atom is -0.475 e. The molecule has 2 aromatic heterocycles. The van der Waals surface area contributed by atoms with Crippen LogP contribution in [0.3, 0.4) is 0 Å². The molecule has 0 spiro atoms. The molecule has 1 aliphatic heterocycles. The number of rotatable bonds is 1. The molecule has 0 saturated carbocycles. The predicted molar refractivity (Wildman–Crippen MR) is 78.0 cm³/mol. The van der Waals surface area contributed by atoms with E-state index in [-0.39, 0.29) is 11.2 Å². The minimum absolute atomic E-state index is 0.110. The Morgan fingerprint density at radius 3 is 2.90 bits per heavy atom. The summed E-state index contributed by atoms with van der Waals surface area (Å²) in [5, 5.41) is 1.28. The fourth-order valence-corrected chi connectivity index (χ4v) is 2.68. The smallest absolute Gasteiger partial charge is 0.228 e. The number of likely N-dealkylation sites (N-methyl/N-ethyl adjacent to an activating group) is 1. The second-order valence-corrected chi connectivity index (χ2v) is 6.36. The van der Waals surface area contributed by atoms with Crippen LogP contribution in [0.25, 0.3) is 10.9 Å². The van der Waals surface area contributed by atoms with Crippen LogP contribution in [0.5, 0.6) is 5.88 Å². The number of ether oxygens (including phenoxy) is 1. The van der Waals surface area contributed by atoms with Gasteiger partial charge in [0, 0.05) is 19.4 Å². The third-order valence-corrected chi connectivity index (χ3v) is 4.18. The number of aromatic nitrogens is 3. The molecule has 2 aromatic rings. The van der Waals surface area contributed by atoms with Gasteiger partial charge in [0.1, 0.15) is 23.0 Å². The van der Waals surface area contributed by atoms with Crippen LogP contribution in [0.1, 0.15) is 6.92 Å². The SMILES string of the molecule is C[C@H]1COc2nc(Cl)cc3nc(S(C)=O)nc(c23)N1C. The zero-order valence-electron chi connectivity index (χ0n) is 11.3. The maximum Gasteiger partial charge on any atom is 0.228 e. The van der Waals surface area contributed by atoms with Gasteiger partial charge < -0.3 is 9.64 Å². The lowest BCUT2D eigenvalue weighted by Gasteiger charge is -2.23. The number of anilines is 1. The third-order valence-electron chi connectivity index (χ3n) is 3.29. The van der Waals surface area contributed by atoms with Gasteiger partial charge in [-0.25, -0.2) is 15.0 Å². The Hall–Kier alpha value is -1.47. The number of nitrogens with zero attached hydrogens (tertiary/aromatic N) is 4. The van der Waals surface area contributed by atoms with Crippen LogP contribution in [0.4, 0.5) is 5.82 Å². The quantitative estimate of drug-likeness (QED) is 0.589. The molecule has 106 valence electrons. The van der Waals surface area contributed by atoms with Gasteiger partial charge in [-0.2, -0.15) is 0 Å². The molecule has 0 amide bonds. The average molecular weight is 313 g/mol. The van der Waals surface area contributed by atoms with Crippen molar-refractivity contribution >= 4 is 39.1 Å². The van der Waals surface area contributed by atoms with Gasteiger partial charge >= 0.3 is 0 Å². The second kappa shape index (κ2) is 4.82. The van der Waals surface area contributed by atoms with E-state index in [4.69, 9.17) is 16.3 Å². The topological polar surface area (TPSA) is 68.2 Å². The van der Waals surface area contributed by atoms with E-state index in [9.17, 15) is 4.21 Å². The Balaban J connectivity index is 2.40. The summed E-state index contributed by atoms with van der Waals surface area (Å²) in [7, 11) is 0.647. The molecule has 3 heterocycles. The summed E-state index contributed by atoms with van der Waals surface area (Å²) >= 11 is 6.00. The van der Waals surface area contributed by atoms with E-state index in [0.717, 1.165) is 0 Å². The Morgan fingerprint density at radius 2 is 2.20 bits per heavy atom. The zero-order chi connectivity index (χ0) is 14.4. The van der Waals surface area contributed by atoms with Gasteiger partial charge in [-0.15, -0.1) is 0 Å². The molecule has 2 atom stereocenters. The van der Waals surface area contributed by atoms with Crippen LogP contribution in [-0.4, -0.2) is 45.1 Å². The molecule has 0 bridgehead atoms. The molecule has 0 aliphatic carbocycles. The maximum absolute atomic E-state index is 11.7. The van der Waals surface area contributed by atoms with Gasteiger partial charge in [-0.3, -0.25) is 4.21 Å². The molecular weight excluding hydrogens is 300 g/mol. The highest BCUT2D eigenvalue weighted by Gasteiger charge is 2.25. The molecule has 0 saturated heterocycles. The molecule has 3 rings (SSSR count). The maximum atomic E-state index is 11.7. The molecular formula is C12H13ClN4O2S. The van der Waals surface area contributed by atoms with Crippen LogP contribution < -0.4 is 9.64 Å². The van der Waals surface area contributed by atoms with Crippen molar-refractivity contribution in [3.8, 4) is 5.88 Å². The van der Waals surface area contributed by atoms with E-state index < -0.39 is 10.8 Å². The van der Waals surface area contributed by atoms with Gasteiger partial charge in [0.25, 0.3) is 0 Å². The van der Waals surface area contributed by atoms with Crippen molar-refractivity contribution in [2.75, 3.05) is 24.8 Å². The van der Waals surface area contributed by atoms with E-state index in [0.29, 0.717) is 34.4 Å². The summed E-state index contributed by atoms with van der Waals surface area (Å²) in [4.78, 5) is 14.9. The number of halogens is 1. The Morgan fingerprint density at radius 1 is 1.45 bits per heavy atom. The fourth-order valence-electron chi connectivity index (χ4n) is 2.06. The highest BCUT2D eigenvalue weighted by molar-refractivity contribution is 7.84. The van der Waals surface area contributed by atoms with Crippen molar-refractivity contribution in [2.24, 2.45) is 0 Å². The zero-order valence-corrected chi connectivity index (χ0v) is 12.8. The van der Waals surface area contributed by atoms with E-state index in [1.54, 1.807) is 12.3 Å². The van der Waals surface area contributed by atoms with Crippen molar-refractivity contribution in [3.05, 3.63) is 11.2 Å². The first kappa shape index (κ1) is 13.5. The lowest BCUT2D eigenvalue weighted by Crippen LogP contribution is -2.33. The van der Waals surface area contributed by atoms with Gasteiger partial charge in [0.2, 0.25) is 11.0 Å². The van der Waals surface area contributed by atoms with Crippen LogP contribution in [-0.2, 0) is 10.8 Å². The third kappa shape index (κ3) is 2.10. The molecule has 1 aliphatic rings. The van der Waals surface area contributed by atoms with Gasteiger partial charge in [0.05, 0.1) is 22.4 Å². The van der Waals surface area contributed by atoms with Crippen molar-refractivity contribution in [1.82, 2.24) is 15.0 Å². The summed E-state index contributed by atoms with van der Waals surface area (Å²) in [5.41, 5.74) is 0.594. The number of pyridine rings is 1. The lowest BCUT2D eigenvalue weighted by atomic mass is 10.2. The molecule has 0 N–H and O–H groups in total. The van der Waals surface area contributed by atoms with E-state index in [2.05, 4.69) is 15.0 Å². The highest BCUT2D eigenvalue weighted by atomic mass is 35.5. The Bertz CT molecular complexity index is 724. The fraction of sp³-hybridized carbons (Fsp3) is 0.417. The molecule has 8 heteroatoms. The van der Waals surface area contributed by atoms with Crippen LogP contribution >= 0.6 is 11.6 Å². The summed E-state index contributed by atoms with van der Waals surface area (Å²) < 4.78 is 17.4. The van der Waals surface area contributed by atoms with Crippen molar-refractivity contribution in [2.45, 2.75) is 18.1 Å². The first-order valence-electron chi connectivity index (χ1n) is 6.04. The normalized spacial score (nSPS) is 19.6. The highest BCUT2D eigenvalue weighted by Crippen LogP contribution is 2.35. The molecule has 0 radical (unpaired) electrons. The van der Waals surface area contributed by atoms with Crippen LogP contribution in [0.2, 0.25) is 5.15 Å². The van der Waals surface area contributed by atoms with Crippen LogP contribution in [0.15, 0.2) is 11.2 Å². The van der Waals surface area contributed by atoms with Gasteiger partial charge in [-0.1, -0.05) is 11.6 Å². The van der Waals surface area contributed by atoms with Gasteiger partial charge in [-0.05, 0) is 6.92 Å². The van der Waals surface area contributed by atoms with E-state index in [1.807, 2.05) is 18.9 Å². The number of hydrogen-bond acceptors (Lipinski definition) is 6. The average Bonchev–Trinajstić information content (AvgIpc) is 2.51. The summed E-state index contributed by atoms with van der Waals surface area (Å²) in [6, 6.07) is 1.74. The first-order valence-corrected chi connectivity index (χ1v) is 7.98. The summed E-state index contributed by atoms with van der Waals surface area (Å²) in [5.74, 6) is 1.09. The number of hydrogen-bond donors (Lipinski definition) is 0. The van der Waals surface area contributed by atoms with Crippen molar-refractivity contribution in [1.29, 1.82) is 0 Å². The predicted octanol–water partition coefficient (Wildman–Crippen LogP) is 1.63. The van der Waals surface area contributed by atoms with Gasteiger partial charge in [0.15, 0.2) is 0 Å². The van der Waals surface area contributed by atoms with Crippen molar-refractivity contribution < 1.29 is 8.95 Å². The molecule has 6 nitrogen and oxygen atoms in total. The monoisotopic (exact) mass is 312 g/mol. The molecule has 1 unspecified atom stereocenters. The molecule has 20 heavy (non-hydrogen) atoms. The Kier molecular flexibility index (Phi) is 3.25. The standard InChI is InChI=1S/C12H13ClN4O2S/c1-6-5-19-11-9-7(4-8(13)15-11)14-12(20(3)18)16-10(9)17(6)2/h4,6H,5H2,1-3H3/t6-,20?/m0/s1. The second-order valence-electron chi connectivity index (χ2n) is 4.70. The lowest BCUT2D eigenvalue weighted by molar-refractivity contribution is 0.290. The van der Waals surface area contributed by atoms with E-state index in [1.165, 1.54) is 0 Å². The van der Waals surface area contributed by atoms with Crippen molar-refractivity contribution in [3.63, 3.8) is 0 Å². The first-order chi connectivity index (χ1) is 9.47. The molecule has 0 aromatic carbocycles. The largest absolute Gasteiger partial charge is 0.475 e. The summed E-state index contributed by atoms with van der Waals surface area (Å²) in [6.07, 6.45) is 1.55. The molecule has 0 fully saturated rings. The van der Waals surface area contributed by atoms with Crippen LogP contribution in [0, 0.1) is 0 Å². The minimum atomic E-state index is -1.27. The summed E-state index contributed by atoms with van der Waals surface area (Å²) in [6.45, 7) is 2.49.